The second kappa shape index (κ2) is 6.38. The van der Waals surface area contributed by atoms with E-state index in [9.17, 15) is 4.39 Å². The molecule has 0 heterocycles. The van der Waals surface area contributed by atoms with Crippen molar-refractivity contribution >= 4 is 11.6 Å². The van der Waals surface area contributed by atoms with E-state index in [4.69, 9.17) is 11.6 Å². The van der Waals surface area contributed by atoms with Crippen LogP contribution in [-0.2, 0) is 0 Å². The van der Waals surface area contributed by atoms with Gasteiger partial charge in [-0.25, -0.2) is 4.39 Å². The van der Waals surface area contributed by atoms with Crippen molar-refractivity contribution in [1.29, 1.82) is 0 Å². The Morgan fingerprint density at radius 3 is 2.45 bits per heavy atom. The highest BCUT2D eigenvalue weighted by Gasteiger charge is 2.14. The van der Waals surface area contributed by atoms with Gasteiger partial charge in [-0.2, -0.15) is 0 Å². The maximum Gasteiger partial charge on any atom is 0.124 e. The van der Waals surface area contributed by atoms with Crippen molar-refractivity contribution in [2.45, 2.75) is 32.9 Å². The normalized spacial score (nSPS) is 14.1. The van der Waals surface area contributed by atoms with Crippen LogP contribution in [0.2, 0.25) is 5.02 Å². The molecular formula is C17H19ClFN. The van der Waals surface area contributed by atoms with Crippen molar-refractivity contribution in [3.63, 3.8) is 0 Å². The molecule has 1 N–H and O–H groups in total. The van der Waals surface area contributed by atoms with Crippen molar-refractivity contribution in [2.75, 3.05) is 0 Å². The predicted molar refractivity (Wildman–Crippen MR) is 82.6 cm³/mol. The van der Waals surface area contributed by atoms with Crippen molar-refractivity contribution in [1.82, 2.24) is 5.32 Å². The Balaban J connectivity index is 2.12. The Hall–Kier alpha value is -1.38. The molecule has 20 heavy (non-hydrogen) atoms. The minimum absolute atomic E-state index is 0.0543. The van der Waals surface area contributed by atoms with E-state index in [-0.39, 0.29) is 17.9 Å². The summed E-state index contributed by atoms with van der Waals surface area (Å²) in [6.45, 7) is 6.23. The van der Waals surface area contributed by atoms with Crippen molar-refractivity contribution < 1.29 is 4.39 Å². The summed E-state index contributed by atoms with van der Waals surface area (Å²) in [4.78, 5) is 0. The van der Waals surface area contributed by atoms with Crippen LogP contribution in [0, 0.1) is 12.7 Å². The van der Waals surface area contributed by atoms with Crippen LogP contribution in [0.25, 0.3) is 0 Å². The zero-order chi connectivity index (χ0) is 14.7. The third-order valence-electron chi connectivity index (χ3n) is 3.47. The third-order valence-corrected chi connectivity index (χ3v) is 3.80. The smallest absolute Gasteiger partial charge is 0.124 e. The van der Waals surface area contributed by atoms with Gasteiger partial charge in [0.05, 0.1) is 0 Å². The lowest BCUT2D eigenvalue weighted by atomic mass is 10.0. The highest BCUT2D eigenvalue weighted by atomic mass is 35.5. The van der Waals surface area contributed by atoms with Gasteiger partial charge in [0.25, 0.3) is 0 Å². The SMILES string of the molecule is Cc1cccc([C@@H](C)NC(C)c2ccc(F)cc2Cl)c1. The fourth-order valence-electron chi connectivity index (χ4n) is 2.35. The highest BCUT2D eigenvalue weighted by molar-refractivity contribution is 6.31. The molecule has 0 aliphatic rings. The van der Waals surface area contributed by atoms with Crippen LogP contribution in [-0.4, -0.2) is 0 Å². The van der Waals surface area contributed by atoms with Gasteiger partial charge in [-0.3, -0.25) is 0 Å². The fourth-order valence-corrected chi connectivity index (χ4v) is 2.68. The molecule has 2 atom stereocenters. The molecule has 0 spiro atoms. The van der Waals surface area contributed by atoms with E-state index in [2.05, 4.69) is 43.4 Å². The summed E-state index contributed by atoms with van der Waals surface area (Å²) in [5, 5.41) is 3.95. The van der Waals surface area contributed by atoms with Gasteiger partial charge in [-0.15, -0.1) is 0 Å². The monoisotopic (exact) mass is 291 g/mol. The molecule has 0 bridgehead atoms. The second-order valence-corrected chi connectivity index (χ2v) is 5.60. The van der Waals surface area contributed by atoms with E-state index in [1.54, 1.807) is 6.07 Å². The zero-order valence-corrected chi connectivity index (χ0v) is 12.7. The minimum Gasteiger partial charge on any atom is -0.304 e. The first-order chi connectivity index (χ1) is 9.47. The lowest BCUT2D eigenvalue weighted by Crippen LogP contribution is -2.22. The van der Waals surface area contributed by atoms with Crippen LogP contribution in [0.3, 0.4) is 0 Å². The molecule has 0 saturated heterocycles. The van der Waals surface area contributed by atoms with Gasteiger partial charge in [0, 0.05) is 17.1 Å². The first-order valence-electron chi connectivity index (χ1n) is 6.75. The number of halogens is 2. The molecular weight excluding hydrogens is 273 g/mol. The van der Waals surface area contributed by atoms with Gasteiger partial charge in [-0.05, 0) is 44.0 Å². The van der Waals surface area contributed by atoms with Crippen LogP contribution in [0.1, 0.15) is 42.6 Å². The summed E-state index contributed by atoms with van der Waals surface area (Å²) < 4.78 is 13.1. The summed E-state index contributed by atoms with van der Waals surface area (Å²) >= 11 is 6.10. The Morgan fingerprint density at radius 2 is 1.80 bits per heavy atom. The maximum atomic E-state index is 13.1. The second-order valence-electron chi connectivity index (χ2n) is 5.19. The third kappa shape index (κ3) is 3.59. The maximum absolute atomic E-state index is 13.1. The molecule has 1 nitrogen and oxygen atoms in total. The molecule has 0 fully saturated rings. The molecule has 0 amide bonds. The molecule has 2 aromatic carbocycles. The van der Waals surface area contributed by atoms with Crippen molar-refractivity contribution in [2.24, 2.45) is 0 Å². The first-order valence-corrected chi connectivity index (χ1v) is 7.12. The molecule has 0 saturated carbocycles. The van der Waals surface area contributed by atoms with Crippen molar-refractivity contribution in [3.05, 3.63) is 70.0 Å². The van der Waals surface area contributed by atoms with Gasteiger partial charge in [0.2, 0.25) is 0 Å². The summed E-state index contributed by atoms with van der Waals surface area (Å²) in [6, 6.07) is 13.2. The average molecular weight is 292 g/mol. The van der Waals surface area contributed by atoms with Crippen LogP contribution < -0.4 is 5.32 Å². The van der Waals surface area contributed by atoms with Gasteiger partial charge in [0.15, 0.2) is 0 Å². The molecule has 2 aromatic rings. The Bertz CT molecular complexity index is 597. The molecule has 0 aliphatic carbocycles. The number of hydrogen-bond acceptors (Lipinski definition) is 1. The van der Waals surface area contributed by atoms with E-state index < -0.39 is 0 Å². The van der Waals surface area contributed by atoms with Gasteiger partial charge < -0.3 is 5.32 Å². The van der Waals surface area contributed by atoms with Crippen molar-refractivity contribution in [3.8, 4) is 0 Å². The quantitative estimate of drug-likeness (QED) is 0.816. The summed E-state index contributed by atoms with van der Waals surface area (Å²) in [5.74, 6) is -0.308. The molecule has 1 unspecified atom stereocenters. The number of benzene rings is 2. The van der Waals surface area contributed by atoms with Crippen LogP contribution in [0.15, 0.2) is 42.5 Å². The van der Waals surface area contributed by atoms with E-state index in [0.29, 0.717) is 5.02 Å². The summed E-state index contributed by atoms with van der Waals surface area (Å²) in [5.41, 5.74) is 3.38. The van der Waals surface area contributed by atoms with E-state index in [0.717, 1.165) is 5.56 Å². The number of rotatable bonds is 4. The average Bonchev–Trinajstić information content (AvgIpc) is 2.38. The Labute approximate surface area is 124 Å². The number of hydrogen-bond donors (Lipinski definition) is 1. The molecule has 106 valence electrons. The lowest BCUT2D eigenvalue weighted by molar-refractivity contribution is 0.494. The van der Waals surface area contributed by atoms with Gasteiger partial charge in [0.1, 0.15) is 5.82 Å². The minimum atomic E-state index is -0.308. The topological polar surface area (TPSA) is 12.0 Å². The van der Waals surface area contributed by atoms with Crippen LogP contribution >= 0.6 is 11.6 Å². The molecule has 0 aromatic heterocycles. The van der Waals surface area contributed by atoms with E-state index >= 15 is 0 Å². The molecule has 3 heteroatoms. The Morgan fingerprint density at radius 1 is 1.05 bits per heavy atom. The number of nitrogens with one attached hydrogen (secondary N) is 1. The summed E-state index contributed by atoms with van der Waals surface area (Å²) in [6.07, 6.45) is 0. The molecule has 0 aliphatic heterocycles. The van der Waals surface area contributed by atoms with Gasteiger partial charge in [-0.1, -0.05) is 47.5 Å². The van der Waals surface area contributed by atoms with E-state index in [1.165, 1.54) is 23.3 Å². The van der Waals surface area contributed by atoms with E-state index in [1.807, 2.05) is 6.92 Å². The lowest BCUT2D eigenvalue weighted by Gasteiger charge is -2.22. The van der Waals surface area contributed by atoms with Crippen LogP contribution in [0.5, 0.6) is 0 Å². The standard InChI is InChI=1S/C17H19ClFN/c1-11-5-4-6-14(9-11)12(2)20-13(3)16-8-7-15(19)10-17(16)18/h4-10,12-13,20H,1-3H3/t12-,13?/m1/s1. The largest absolute Gasteiger partial charge is 0.304 e. The fraction of sp³-hybridized carbons (Fsp3) is 0.294. The predicted octanol–water partition coefficient (Wildman–Crippen LogP) is 5.20. The highest BCUT2D eigenvalue weighted by Crippen LogP contribution is 2.26. The summed E-state index contributed by atoms with van der Waals surface area (Å²) in [7, 11) is 0. The molecule has 2 rings (SSSR count). The Kier molecular flexibility index (Phi) is 4.79. The van der Waals surface area contributed by atoms with Gasteiger partial charge >= 0.3 is 0 Å². The zero-order valence-electron chi connectivity index (χ0n) is 12.0. The van der Waals surface area contributed by atoms with Crippen LogP contribution in [0.4, 0.5) is 4.39 Å². The first kappa shape index (κ1) is 15.0. The molecule has 0 radical (unpaired) electrons. The number of aryl methyl sites for hydroxylation is 1.